The van der Waals surface area contributed by atoms with Crippen molar-refractivity contribution in [3.8, 4) is 11.5 Å². The van der Waals surface area contributed by atoms with Gasteiger partial charge >= 0.3 is 0 Å². The average molecular weight is 309 g/mol. The van der Waals surface area contributed by atoms with Crippen LogP contribution in [0.25, 0.3) is 11.5 Å². The van der Waals surface area contributed by atoms with Crippen molar-refractivity contribution >= 4 is 27.6 Å². The molecule has 94 valence electrons. The zero-order valence-corrected chi connectivity index (χ0v) is 11.4. The molecule has 6 heteroatoms. The van der Waals surface area contributed by atoms with E-state index in [4.69, 9.17) is 10.3 Å². The summed E-state index contributed by atoms with van der Waals surface area (Å²) >= 11 is 3.36. The second-order valence-corrected chi connectivity index (χ2v) is 5.18. The molecule has 1 fully saturated rings. The van der Waals surface area contributed by atoms with Crippen LogP contribution in [0.2, 0.25) is 0 Å². The van der Waals surface area contributed by atoms with Gasteiger partial charge in [0.05, 0.1) is 0 Å². The third kappa shape index (κ3) is 2.08. The van der Waals surface area contributed by atoms with Gasteiger partial charge in [0.15, 0.2) is 0 Å². The molecule has 5 nitrogen and oxygen atoms in total. The number of hydrogen-bond donors (Lipinski definition) is 1. The van der Waals surface area contributed by atoms with Crippen LogP contribution in [0.4, 0.5) is 11.6 Å². The highest BCUT2D eigenvalue weighted by molar-refractivity contribution is 9.10. The number of nitrogen functional groups attached to an aromatic ring is 1. The molecular formula is C12H13BrN4O. The van der Waals surface area contributed by atoms with Crippen LogP contribution in [0, 0.1) is 0 Å². The van der Waals surface area contributed by atoms with E-state index in [9.17, 15) is 0 Å². The first-order valence-electron chi connectivity index (χ1n) is 5.88. The average Bonchev–Trinajstić information content (AvgIpc) is 3.01. The molecule has 1 saturated heterocycles. The summed E-state index contributed by atoms with van der Waals surface area (Å²) in [5, 5.41) is 4.01. The number of benzene rings is 1. The van der Waals surface area contributed by atoms with E-state index < -0.39 is 0 Å². The molecule has 0 saturated carbocycles. The highest BCUT2D eigenvalue weighted by atomic mass is 79.9. The molecule has 0 radical (unpaired) electrons. The van der Waals surface area contributed by atoms with Crippen LogP contribution in [0.5, 0.6) is 0 Å². The van der Waals surface area contributed by atoms with Crippen molar-refractivity contribution in [1.29, 1.82) is 0 Å². The second kappa shape index (κ2) is 4.61. The lowest BCUT2D eigenvalue weighted by Gasteiger charge is -2.09. The number of aromatic nitrogens is 2. The maximum absolute atomic E-state index is 5.84. The van der Waals surface area contributed by atoms with Crippen LogP contribution in [0.15, 0.2) is 27.2 Å². The van der Waals surface area contributed by atoms with E-state index in [2.05, 4.69) is 31.0 Å². The first-order valence-corrected chi connectivity index (χ1v) is 6.67. The Morgan fingerprint density at radius 1 is 1.28 bits per heavy atom. The van der Waals surface area contributed by atoms with E-state index in [1.807, 2.05) is 18.2 Å². The molecule has 0 aliphatic carbocycles. The van der Waals surface area contributed by atoms with E-state index >= 15 is 0 Å². The molecule has 0 spiro atoms. The summed E-state index contributed by atoms with van der Waals surface area (Å²) in [5.41, 5.74) is 7.34. The van der Waals surface area contributed by atoms with Crippen molar-refractivity contribution in [2.45, 2.75) is 12.8 Å². The zero-order chi connectivity index (χ0) is 12.5. The Bertz CT molecular complexity index is 563. The summed E-state index contributed by atoms with van der Waals surface area (Å²) < 4.78 is 6.15. The molecule has 3 rings (SSSR count). The fourth-order valence-electron chi connectivity index (χ4n) is 2.06. The highest BCUT2D eigenvalue weighted by Gasteiger charge is 2.18. The fraction of sp³-hybridized carbons (Fsp3) is 0.333. The van der Waals surface area contributed by atoms with Crippen LogP contribution in [-0.4, -0.2) is 23.2 Å². The lowest BCUT2D eigenvalue weighted by Crippen LogP contribution is -2.18. The Hall–Kier alpha value is -1.56. The standard InChI is InChI=1S/C12H13BrN4O/c13-9-4-3-8(7-10(9)14)11-15-12(16-18-11)17-5-1-2-6-17/h3-4,7H,1-2,5-6,14H2. The van der Waals surface area contributed by atoms with Crippen LogP contribution >= 0.6 is 15.9 Å². The Kier molecular flexibility index (Phi) is 2.95. The molecule has 2 heterocycles. The highest BCUT2D eigenvalue weighted by Crippen LogP contribution is 2.27. The summed E-state index contributed by atoms with van der Waals surface area (Å²) in [5.74, 6) is 1.18. The number of nitrogens with zero attached hydrogens (tertiary/aromatic N) is 3. The van der Waals surface area contributed by atoms with Gasteiger partial charge in [0.25, 0.3) is 11.8 Å². The van der Waals surface area contributed by atoms with Gasteiger partial charge in [-0.1, -0.05) is 0 Å². The van der Waals surface area contributed by atoms with E-state index in [0.29, 0.717) is 17.5 Å². The van der Waals surface area contributed by atoms with Crippen LogP contribution in [-0.2, 0) is 0 Å². The van der Waals surface area contributed by atoms with Crippen molar-refractivity contribution in [3.63, 3.8) is 0 Å². The monoisotopic (exact) mass is 308 g/mol. The topological polar surface area (TPSA) is 68.2 Å². The maximum Gasteiger partial charge on any atom is 0.266 e. The molecule has 0 atom stereocenters. The molecule has 1 aliphatic rings. The van der Waals surface area contributed by atoms with Gasteiger partial charge in [0.2, 0.25) is 0 Å². The smallest absolute Gasteiger partial charge is 0.266 e. The van der Waals surface area contributed by atoms with Crippen LogP contribution < -0.4 is 10.6 Å². The van der Waals surface area contributed by atoms with Gasteiger partial charge in [-0.15, -0.1) is 0 Å². The lowest BCUT2D eigenvalue weighted by atomic mass is 10.2. The van der Waals surface area contributed by atoms with E-state index in [0.717, 1.165) is 23.1 Å². The largest absolute Gasteiger partial charge is 0.398 e. The van der Waals surface area contributed by atoms with Gasteiger partial charge in [-0.05, 0) is 52.1 Å². The molecule has 1 aromatic heterocycles. The Balaban J connectivity index is 1.89. The number of rotatable bonds is 2. The minimum absolute atomic E-state index is 0.510. The minimum atomic E-state index is 0.510. The van der Waals surface area contributed by atoms with Crippen LogP contribution in [0.3, 0.4) is 0 Å². The predicted octanol–water partition coefficient (Wildman–Crippen LogP) is 2.68. The molecule has 2 N–H and O–H groups in total. The van der Waals surface area contributed by atoms with Gasteiger partial charge in [0.1, 0.15) is 0 Å². The van der Waals surface area contributed by atoms with Crippen molar-refractivity contribution in [1.82, 2.24) is 10.1 Å². The quantitative estimate of drug-likeness (QED) is 0.864. The lowest BCUT2D eigenvalue weighted by molar-refractivity contribution is 0.430. The number of nitrogens with two attached hydrogens (primary N) is 1. The van der Waals surface area contributed by atoms with Gasteiger partial charge in [-0.2, -0.15) is 4.98 Å². The molecule has 0 unspecified atom stereocenters. The molecule has 1 aromatic carbocycles. The first kappa shape index (κ1) is 11.5. The molecule has 0 amide bonds. The van der Waals surface area contributed by atoms with Crippen LogP contribution in [0.1, 0.15) is 12.8 Å². The third-order valence-corrected chi connectivity index (χ3v) is 3.77. The molecule has 0 bridgehead atoms. The Morgan fingerprint density at radius 2 is 2.06 bits per heavy atom. The molecule has 18 heavy (non-hydrogen) atoms. The van der Waals surface area contributed by atoms with Gasteiger partial charge in [-0.25, -0.2) is 0 Å². The zero-order valence-electron chi connectivity index (χ0n) is 9.77. The maximum atomic E-state index is 5.84. The number of hydrogen-bond acceptors (Lipinski definition) is 5. The number of halogens is 1. The van der Waals surface area contributed by atoms with E-state index in [-0.39, 0.29) is 0 Å². The van der Waals surface area contributed by atoms with Crippen molar-refractivity contribution in [2.24, 2.45) is 0 Å². The van der Waals surface area contributed by atoms with Gasteiger partial charge in [0, 0.05) is 28.8 Å². The predicted molar refractivity (Wildman–Crippen MR) is 73.3 cm³/mol. The van der Waals surface area contributed by atoms with Gasteiger partial charge in [-0.3, -0.25) is 0 Å². The second-order valence-electron chi connectivity index (χ2n) is 4.33. The minimum Gasteiger partial charge on any atom is -0.398 e. The third-order valence-electron chi connectivity index (χ3n) is 3.05. The molecule has 1 aliphatic heterocycles. The number of anilines is 2. The summed E-state index contributed by atoms with van der Waals surface area (Å²) in [7, 11) is 0. The summed E-state index contributed by atoms with van der Waals surface area (Å²) in [6.07, 6.45) is 2.38. The SMILES string of the molecule is Nc1cc(-c2nc(N3CCCC3)no2)ccc1Br. The molecular weight excluding hydrogens is 296 g/mol. The Morgan fingerprint density at radius 3 is 2.78 bits per heavy atom. The van der Waals surface area contributed by atoms with E-state index in [1.165, 1.54) is 12.8 Å². The normalized spacial score (nSPS) is 15.3. The summed E-state index contributed by atoms with van der Waals surface area (Å²) in [6, 6.07) is 5.61. The molecule has 2 aromatic rings. The Labute approximate surface area is 113 Å². The summed E-state index contributed by atoms with van der Waals surface area (Å²) in [4.78, 5) is 6.54. The summed E-state index contributed by atoms with van der Waals surface area (Å²) in [6.45, 7) is 2.00. The van der Waals surface area contributed by atoms with Crippen molar-refractivity contribution < 1.29 is 4.52 Å². The van der Waals surface area contributed by atoms with Crippen molar-refractivity contribution in [3.05, 3.63) is 22.7 Å². The van der Waals surface area contributed by atoms with Gasteiger partial charge < -0.3 is 15.2 Å². The first-order chi connectivity index (χ1) is 8.74. The van der Waals surface area contributed by atoms with Crippen molar-refractivity contribution in [2.75, 3.05) is 23.7 Å². The fourth-order valence-corrected chi connectivity index (χ4v) is 2.30. The van der Waals surface area contributed by atoms with E-state index in [1.54, 1.807) is 0 Å².